The number of nitrogens with one attached hydrogen (secondary N) is 1. The summed E-state index contributed by atoms with van der Waals surface area (Å²) in [5.74, 6) is -0.127. The van der Waals surface area contributed by atoms with Gasteiger partial charge < -0.3 is 15.0 Å². The van der Waals surface area contributed by atoms with E-state index < -0.39 is 0 Å². The average molecular weight is 342 g/mol. The normalized spacial score (nSPS) is 19.7. The lowest BCUT2D eigenvalue weighted by atomic mass is 10.0. The molecule has 0 saturated carbocycles. The Labute approximate surface area is 144 Å². The molecule has 0 bridgehead atoms. The number of rotatable bonds is 6. The van der Waals surface area contributed by atoms with Crippen molar-refractivity contribution < 1.29 is 9.53 Å². The second kappa shape index (κ2) is 7.87. The van der Waals surface area contributed by atoms with Gasteiger partial charge in [0.25, 0.3) is 5.91 Å². The van der Waals surface area contributed by atoms with Gasteiger partial charge in [0.2, 0.25) is 0 Å². The Hall–Kier alpha value is -2.77. The van der Waals surface area contributed by atoms with Crippen LogP contribution in [0.2, 0.25) is 0 Å². The monoisotopic (exact) mass is 342 g/mol. The molecule has 2 fully saturated rings. The summed E-state index contributed by atoms with van der Waals surface area (Å²) in [5.41, 5.74) is 18.4. The molecule has 1 N–H and O–H groups in total. The van der Waals surface area contributed by atoms with Crippen molar-refractivity contribution in [2.75, 3.05) is 26.3 Å². The lowest BCUT2D eigenvalue weighted by molar-refractivity contribution is 0.0548. The zero-order valence-electron chi connectivity index (χ0n) is 13.6. The van der Waals surface area contributed by atoms with Crippen molar-refractivity contribution in [3.63, 3.8) is 0 Å². The van der Waals surface area contributed by atoms with E-state index in [-0.39, 0.29) is 18.5 Å². The van der Waals surface area contributed by atoms with Crippen LogP contribution in [0.1, 0.15) is 22.3 Å². The summed E-state index contributed by atoms with van der Waals surface area (Å²) in [6.45, 7) is 2.87. The van der Waals surface area contributed by atoms with Crippen molar-refractivity contribution in [3.8, 4) is 0 Å². The third-order valence-electron chi connectivity index (χ3n) is 4.27. The van der Waals surface area contributed by atoms with Crippen LogP contribution in [0, 0.1) is 0 Å². The first-order valence-corrected chi connectivity index (χ1v) is 8.02. The van der Waals surface area contributed by atoms with E-state index in [1.807, 2.05) is 0 Å². The van der Waals surface area contributed by atoms with Gasteiger partial charge in [-0.1, -0.05) is 10.2 Å². The van der Waals surface area contributed by atoms with E-state index in [2.05, 4.69) is 25.4 Å². The van der Waals surface area contributed by atoms with E-state index in [1.54, 1.807) is 23.1 Å². The van der Waals surface area contributed by atoms with Crippen LogP contribution < -0.4 is 5.32 Å². The van der Waals surface area contributed by atoms with Crippen LogP contribution in [0.5, 0.6) is 0 Å². The number of nitrogens with zero attached hydrogens (tertiary/aromatic N) is 7. The van der Waals surface area contributed by atoms with Crippen LogP contribution in [0.4, 0.5) is 5.69 Å². The third kappa shape index (κ3) is 4.20. The summed E-state index contributed by atoms with van der Waals surface area (Å²) in [7, 11) is 0. The van der Waals surface area contributed by atoms with Gasteiger partial charge >= 0.3 is 0 Å². The minimum absolute atomic E-state index is 0.0947. The Kier molecular flexibility index (Phi) is 5.37. The van der Waals surface area contributed by atoms with Crippen molar-refractivity contribution in [3.05, 3.63) is 50.2 Å². The van der Waals surface area contributed by atoms with Crippen molar-refractivity contribution in [2.45, 2.75) is 25.0 Å². The highest BCUT2D eigenvalue weighted by Crippen LogP contribution is 2.22. The molecule has 0 radical (unpaired) electrons. The molecule has 1 unspecified atom stereocenters. The number of carbonyl (C=O) groups is 1. The fourth-order valence-electron chi connectivity index (χ4n) is 3.04. The molecule has 0 aliphatic carbocycles. The average Bonchev–Trinajstić information content (AvgIpc) is 3.08. The molecule has 3 rings (SSSR count). The predicted molar refractivity (Wildman–Crippen MR) is 90.1 cm³/mol. The first-order valence-electron chi connectivity index (χ1n) is 8.02. The molecule has 1 aromatic carbocycles. The van der Waals surface area contributed by atoms with Crippen LogP contribution in [0.15, 0.2) is 28.4 Å². The third-order valence-corrected chi connectivity index (χ3v) is 4.27. The number of carbonyl (C=O) groups excluding carboxylic acids is 1. The zero-order valence-corrected chi connectivity index (χ0v) is 13.6. The van der Waals surface area contributed by atoms with Crippen molar-refractivity contribution >= 4 is 11.6 Å². The van der Waals surface area contributed by atoms with Gasteiger partial charge in [-0.2, -0.15) is 0 Å². The summed E-state index contributed by atoms with van der Waals surface area (Å²) < 4.78 is 5.33. The standard InChI is InChI=1S/C15H18N8O2/c16-21-18-6-10-3-11(5-13(4-10)20-22-17)15(24)23-7-14(8-23)19-12-1-2-25-9-12/h3-5,12,14,19H,1-2,6-9H2. The van der Waals surface area contributed by atoms with E-state index in [1.165, 1.54) is 0 Å². The molecule has 1 atom stereocenters. The number of benzene rings is 1. The highest BCUT2D eigenvalue weighted by Gasteiger charge is 2.33. The van der Waals surface area contributed by atoms with Gasteiger partial charge in [-0.15, -0.1) is 0 Å². The molecule has 1 amide bonds. The Bertz CT molecular complexity index is 742. The first kappa shape index (κ1) is 17.1. The fourth-order valence-corrected chi connectivity index (χ4v) is 3.04. The van der Waals surface area contributed by atoms with E-state index >= 15 is 0 Å². The van der Waals surface area contributed by atoms with E-state index in [0.29, 0.717) is 35.9 Å². The highest BCUT2D eigenvalue weighted by molar-refractivity contribution is 5.95. The largest absolute Gasteiger partial charge is 0.380 e. The molecule has 25 heavy (non-hydrogen) atoms. The molecule has 130 valence electrons. The van der Waals surface area contributed by atoms with Gasteiger partial charge in [0.15, 0.2) is 0 Å². The molecular formula is C15H18N8O2. The summed E-state index contributed by atoms with van der Waals surface area (Å²) in [4.78, 5) is 19.8. The molecular weight excluding hydrogens is 324 g/mol. The van der Waals surface area contributed by atoms with Gasteiger partial charge in [-0.05, 0) is 41.2 Å². The molecule has 2 aliphatic heterocycles. The maximum Gasteiger partial charge on any atom is 0.253 e. The molecule has 0 spiro atoms. The van der Waals surface area contributed by atoms with Gasteiger partial charge in [0.1, 0.15) is 0 Å². The number of ether oxygens (including phenoxy) is 1. The van der Waals surface area contributed by atoms with Crippen LogP contribution >= 0.6 is 0 Å². The SMILES string of the molecule is [N-]=[N+]=NCc1cc(N=[N+]=[N-])cc(C(=O)N2CC(NC3CCOC3)C2)c1. The van der Waals surface area contributed by atoms with Gasteiger partial charge in [0.05, 0.1) is 13.2 Å². The van der Waals surface area contributed by atoms with Gasteiger partial charge in [-0.25, -0.2) is 0 Å². The fraction of sp³-hybridized carbons (Fsp3) is 0.533. The molecule has 2 aliphatic rings. The minimum Gasteiger partial charge on any atom is -0.380 e. The van der Waals surface area contributed by atoms with Crippen LogP contribution in [0.25, 0.3) is 20.9 Å². The van der Waals surface area contributed by atoms with Gasteiger partial charge in [-0.3, -0.25) is 4.79 Å². The Morgan fingerprint density at radius 2 is 2.12 bits per heavy atom. The second-order valence-corrected chi connectivity index (χ2v) is 6.10. The number of hydrogen-bond acceptors (Lipinski definition) is 5. The summed E-state index contributed by atoms with van der Waals surface area (Å²) in [6.07, 6.45) is 1.00. The zero-order chi connectivity index (χ0) is 17.6. The smallest absolute Gasteiger partial charge is 0.253 e. The predicted octanol–water partition coefficient (Wildman–Crippen LogP) is 2.64. The van der Waals surface area contributed by atoms with Crippen molar-refractivity contribution in [2.24, 2.45) is 10.2 Å². The Morgan fingerprint density at radius 3 is 2.80 bits per heavy atom. The first-order chi connectivity index (χ1) is 12.2. The summed E-state index contributed by atoms with van der Waals surface area (Å²) >= 11 is 0. The van der Waals surface area contributed by atoms with Crippen molar-refractivity contribution in [1.29, 1.82) is 0 Å². The highest BCUT2D eigenvalue weighted by atomic mass is 16.5. The maximum atomic E-state index is 12.6. The number of likely N-dealkylation sites (tertiary alicyclic amines) is 1. The molecule has 2 heterocycles. The molecule has 2 saturated heterocycles. The Balaban J connectivity index is 1.65. The number of amides is 1. The Morgan fingerprint density at radius 1 is 1.28 bits per heavy atom. The lowest BCUT2D eigenvalue weighted by Gasteiger charge is -2.41. The molecule has 10 nitrogen and oxygen atoms in total. The van der Waals surface area contributed by atoms with Crippen LogP contribution in [0.3, 0.4) is 0 Å². The number of azide groups is 2. The maximum absolute atomic E-state index is 12.6. The summed E-state index contributed by atoms with van der Waals surface area (Å²) in [5, 5.41) is 10.5. The van der Waals surface area contributed by atoms with Crippen molar-refractivity contribution in [1.82, 2.24) is 10.2 Å². The summed E-state index contributed by atoms with van der Waals surface area (Å²) in [6, 6.07) is 5.46. The quantitative estimate of drug-likeness (QED) is 0.482. The van der Waals surface area contributed by atoms with Gasteiger partial charge in [0, 0.05) is 52.9 Å². The second-order valence-electron chi connectivity index (χ2n) is 6.10. The lowest BCUT2D eigenvalue weighted by Crippen LogP contribution is -2.61. The minimum atomic E-state index is -0.127. The molecule has 10 heteroatoms. The van der Waals surface area contributed by atoms with Crippen LogP contribution in [-0.2, 0) is 11.3 Å². The molecule has 1 aromatic rings. The molecule has 0 aromatic heterocycles. The van der Waals surface area contributed by atoms with E-state index in [4.69, 9.17) is 15.8 Å². The van der Waals surface area contributed by atoms with E-state index in [9.17, 15) is 4.79 Å². The number of hydrogen-bond donors (Lipinski definition) is 1. The van der Waals surface area contributed by atoms with Crippen LogP contribution in [-0.4, -0.2) is 49.2 Å². The van der Waals surface area contributed by atoms with E-state index in [0.717, 1.165) is 19.6 Å². The topological polar surface area (TPSA) is 139 Å².